The predicted octanol–water partition coefficient (Wildman–Crippen LogP) is 3.17. The summed E-state index contributed by atoms with van der Waals surface area (Å²) in [6.07, 6.45) is 2.94. The third kappa shape index (κ3) is 3.53. The summed E-state index contributed by atoms with van der Waals surface area (Å²) in [6.45, 7) is 4.69. The molecule has 0 radical (unpaired) electrons. The molecule has 0 unspecified atom stereocenters. The highest BCUT2D eigenvalue weighted by Crippen LogP contribution is 2.34. The molecule has 0 fully saturated rings. The fourth-order valence-electron chi connectivity index (χ4n) is 3.70. The molecule has 3 aromatic rings. The lowest BCUT2D eigenvalue weighted by Crippen LogP contribution is -2.53. The minimum Gasteiger partial charge on any atom is -0.387 e. The summed E-state index contributed by atoms with van der Waals surface area (Å²) in [6, 6.07) is 12.6. The Morgan fingerprint density at radius 2 is 1.86 bits per heavy atom. The number of pyridine rings is 1. The average Bonchev–Trinajstić information content (AvgIpc) is 2.73. The SMILES string of the molecule is CC1(C)CCn2c(nc(-c3ccncc3)c(F)c2=O)N1C[C@@H](O)c1ccccc1. The van der Waals surface area contributed by atoms with Crippen molar-refractivity contribution in [3.05, 3.63) is 76.6 Å². The first-order valence-electron chi connectivity index (χ1n) is 9.60. The fraction of sp³-hybridized carbons (Fsp3) is 0.318. The number of nitrogens with zero attached hydrogens (tertiary/aromatic N) is 4. The van der Waals surface area contributed by atoms with Gasteiger partial charge in [-0.05, 0) is 38.0 Å². The van der Waals surface area contributed by atoms with E-state index in [1.807, 2.05) is 49.1 Å². The molecule has 0 spiro atoms. The van der Waals surface area contributed by atoms with Crippen LogP contribution in [0.25, 0.3) is 11.3 Å². The third-order valence-electron chi connectivity index (χ3n) is 5.51. The summed E-state index contributed by atoms with van der Waals surface area (Å²) in [5.41, 5.74) is 0.212. The topological polar surface area (TPSA) is 71.2 Å². The normalized spacial score (nSPS) is 16.3. The number of β-amino-alcohol motifs (C(OH)–C–C–N with tert-alkyl or cyclic N) is 1. The summed E-state index contributed by atoms with van der Waals surface area (Å²) < 4.78 is 16.2. The molecular weight excluding hydrogens is 371 g/mol. The first kappa shape index (κ1) is 19.3. The van der Waals surface area contributed by atoms with Crippen LogP contribution in [0.5, 0.6) is 0 Å². The molecule has 0 saturated heterocycles. The molecule has 0 aliphatic carbocycles. The molecule has 1 aliphatic heterocycles. The van der Waals surface area contributed by atoms with E-state index in [-0.39, 0.29) is 17.8 Å². The highest BCUT2D eigenvalue weighted by atomic mass is 19.1. The quantitative estimate of drug-likeness (QED) is 0.736. The predicted molar refractivity (Wildman–Crippen MR) is 109 cm³/mol. The molecule has 3 heterocycles. The van der Waals surface area contributed by atoms with Crippen LogP contribution in [-0.4, -0.2) is 31.7 Å². The van der Waals surface area contributed by atoms with Gasteiger partial charge in [-0.25, -0.2) is 4.98 Å². The van der Waals surface area contributed by atoms with Crippen molar-refractivity contribution in [1.29, 1.82) is 0 Å². The second-order valence-corrected chi connectivity index (χ2v) is 7.87. The van der Waals surface area contributed by atoms with Gasteiger partial charge >= 0.3 is 0 Å². The summed E-state index contributed by atoms with van der Waals surface area (Å²) in [7, 11) is 0. The van der Waals surface area contributed by atoms with Crippen LogP contribution in [0, 0.1) is 5.82 Å². The maximum atomic E-state index is 14.8. The van der Waals surface area contributed by atoms with Gasteiger partial charge in [-0.2, -0.15) is 4.39 Å². The molecule has 0 amide bonds. The zero-order valence-corrected chi connectivity index (χ0v) is 16.4. The van der Waals surface area contributed by atoms with E-state index in [1.165, 1.54) is 17.0 Å². The van der Waals surface area contributed by atoms with E-state index < -0.39 is 17.5 Å². The highest BCUT2D eigenvalue weighted by Gasteiger charge is 2.37. The van der Waals surface area contributed by atoms with Crippen LogP contribution in [0.2, 0.25) is 0 Å². The summed E-state index contributed by atoms with van der Waals surface area (Å²) in [5, 5.41) is 10.8. The van der Waals surface area contributed by atoms with Crippen molar-refractivity contribution in [3.63, 3.8) is 0 Å². The van der Waals surface area contributed by atoms with Crippen molar-refractivity contribution >= 4 is 5.95 Å². The van der Waals surface area contributed by atoms with Crippen LogP contribution in [0.1, 0.15) is 31.9 Å². The first-order valence-corrected chi connectivity index (χ1v) is 9.60. The van der Waals surface area contributed by atoms with E-state index in [9.17, 15) is 14.3 Å². The van der Waals surface area contributed by atoms with Crippen LogP contribution in [0.3, 0.4) is 0 Å². The molecule has 2 aromatic heterocycles. The number of aliphatic hydroxyl groups excluding tert-OH is 1. The minimum absolute atomic E-state index is 0.000510. The molecule has 6 nitrogen and oxygen atoms in total. The Kier molecular flexibility index (Phi) is 4.92. The average molecular weight is 394 g/mol. The third-order valence-corrected chi connectivity index (χ3v) is 5.51. The highest BCUT2D eigenvalue weighted by molar-refractivity contribution is 5.61. The second kappa shape index (κ2) is 7.40. The Bertz CT molecular complexity index is 1070. The molecule has 7 heteroatoms. The minimum atomic E-state index is -0.872. The standard InChI is InChI=1S/C22H23FN4O2/c1-22(2)10-13-26-20(29)18(23)19(16-8-11-24-12-9-16)25-21(26)27(22)14-17(28)15-6-4-3-5-7-15/h3-9,11-12,17,28H,10,13-14H2,1-2H3/t17-/m1/s1. The van der Waals surface area contributed by atoms with Gasteiger partial charge in [0, 0.05) is 30.0 Å². The van der Waals surface area contributed by atoms with Gasteiger partial charge < -0.3 is 10.0 Å². The van der Waals surface area contributed by atoms with Crippen LogP contribution in [-0.2, 0) is 6.54 Å². The van der Waals surface area contributed by atoms with E-state index in [0.29, 0.717) is 24.5 Å². The molecule has 1 N–H and O–H groups in total. The van der Waals surface area contributed by atoms with Crippen LogP contribution >= 0.6 is 0 Å². The molecule has 0 saturated carbocycles. The van der Waals surface area contributed by atoms with Gasteiger partial charge in [0.25, 0.3) is 5.56 Å². The number of benzene rings is 1. The second-order valence-electron chi connectivity index (χ2n) is 7.87. The molecular formula is C22H23FN4O2. The smallest absolute Gasteiger partial charge is 0.291 e. The molecule has 29 heavy (non-hydrogen) atoms. The summed E-state index contributed by atoms with van der Waals surface area (Å²) in [5.74, 6) is -0.502. The molecule has 1 aromatic carbocycles. The first-order chi connectivity index (χ1) is 13.9. The molecule has 150 valence electrons. The number of anilines is 1. The Balaban J connectivity index is 1.81. The summed E-state index contributed by atoms with van der Waals surface area (Å²) in [4.78, 5) is 23.2. The van der Waals surface area contributed by atoms with Crippen molar-refractivity contribution in [3.8, 4) is 11.3 Å². The Hall–Kier alpha value is -3.06. The van der Waals surface area contributed by atoms with Gasteiger partial charge in [-0.1, -0.05) is 30.3 Å². The van der Waals surface area contributed by atoms with Gasteiger partial charge in [0.1, 0.15) is 5.69 Å². The Morgan fingerprint density at radius 3 is 2.55 bits per heavy atom. The molecule has 1 aliphatic rings. The largest absolute Gasteiger partial charge is 0.387 e. The zero-order valence-electron chi connectivity index (χ0n) is 16.4. The van der Waals surface area contributed by atoms with Crippen LogP contribution in [0.4, 0.5) is 10.3 Å². The molecule has 4 rings (SSSR count). The van der Waals surface area contributed by atoms with Crippen molar-refractivity contribution in [2.75, 3.05) is 11.4 Å². The lowest BCUT2D eigenvalue weighted by Gasteiger charge is -2.45. The maximum absolute atomic E-state index is 14.8. The fourth-order valence-corrected chi connectivity index (χ4v) is 3.70. The maximum Gasteiger partial charge on any atom is 0.291 e. The van der Waals surface area contributed by atoms with Crippen molar-refractivity contribution in [1.82, 2.24) is 14.5 Å². The number of rotatable bonds is 4. The van der Waals surface area contributed by atoms with Crippen molar-refractivity contribution in [2.24, 2.45) is 0 Å². The van der Waals surface area contributed by atoms with E-state index in [0.717, 1.165) is 5.56 Å². The van der Waals surface area contributed by atoms with Gasteiger partial charge in [-0.3, -0.25) is 14.3 Å². The van der Waals surface area contributed by atoms with Crippen LogP contribution in [0.15, 0.2) is 59.7 Å². The number of hydrogen-bond acceptors (Lipinski definition) is 5. The van der Waals surface area contributed by atoms with Crippen LogP contribution < -0.4 is 10.5 Å². The van der Waals surface area contributed by atoms with E-state index >= 15 is 0 Å². The van der Waals surface area contributed by atoms with Gasteiger partial charge in [0.05, 0.1) is 12.6 Å². The van der Waals surface area contributed by atoms with E-state index in [1.54, 1.807) is 12.1 Å². The zero-order chi connectivity index (χ0) is 20.6. The number of hydrogen-bond donors (Lipinski definition) is 1. The number of aliphatic hydroxyl groups is 1. The molecule has 0 bridgehead atoms. The van der Waals surface area contributed by atoms with E-state index in [4.69, 9.17) is 0 Å². The number of halogens is 1. The van der Waals surface area contributed by atoms with Gasteiger partial charge in [0.2, 0.25) is 11.8 Å². The monoisotopic (exact) mass is 394 g/mol. The van der Waals surface area contributed by atoms with Gasteiger partial charge in [0.15, 0.2) is 0 Å². The Morgan fingerprint density at radius 1 is 1.17 bits per heavy atom. The number of fused-ring (bicyclic) bond motifs is 1. The van der Waals surface area contributed by atoms with E-state index in [2.05, 4.69) is 9.97 Å². The van der Waals surface area contributed by atoms with Crippen molar-refractivity contribution in [2.45, 2.75) is 38.5 Å². The van der Waals surface area contributed by atoms with Crippen molar-refractivity contribution < 1.29 is 9.50 Å². The molecule has 1 atom stereocenters. The lowest BCUT2D eigenvalue weighted by molar-refractivity contribution is 0.168. The number of aromatic nitrogens is 3. The van der Waals surface area contributed by atoms with Gasteiger partial charge in [-0.15, -0.1) is 0 Å². The lowest BCUT2D eigenvalue weighted by atomic mass is 9.95. The summed E-state index contributed by atoms with van der Waals surface area (Å²) >= 11 is 0. The Labute approximate surface area is 168 Å².